The monoisotopic (exact) mass is 257 g/mol. The number of benzene rings is 1. The molecule has 0 amide bonds. The standard InChI is InChI=1S/C12H19NO3S/c1-14-10-7-12(16-3)11(15-2)6-8(10)9(13)4-5-17/h6-7,9,17H,4-5,13H2,1-3H3. The van der Waals surface area contributed by atoms with E-state index in [1.54, 1.807) is 27.4 Å². The third-order valence-electron chi connectivity index (χ3n) is 2.58. The van der Waals surface area contributed by atoms with Crippen molar-refractivity contribution in [1.29, 1.82) is 0 Å². The first kappa shape index (κ1) is 14.0. The van der Waals surface area contributed by atoms with Crippen LogP contribution in [0.1, 0.15) is 18.0 Å². The SMILES string of the molecule is COc1cc(OC)c(C(N)CCS)cc1OC. The first-order chi connectivity index (χ1) is 8.17. The molecule has 0 aromatic heterocycles. The van der Waals surface area contributed by atoms with E-state index in [1.807, 2.05) is 6.07 Å². The lowest BCUT2D eigenvalue weighted by atomic mass is 10.0. The smallest absolute Gasteiger partial charge is 0.164 e. The van der Waals surface area contributed by atoms with E-state index in [0.717, 1.165) is 17.7 Å². The highest BCUT2D eigenvalue weighted by molar-refractivity contribution is 7.80. The molecule has 0 aliphatic heterocycles. The Morgan fingerprint density at radius 2 is 1.59 bits per heavy atom. The second-order valence-corrected chi connectivity index (χ2v) is 4.02. The molecule has 5 heteroatoms. The van der Waals surface area contributed by atoms with E-state index in [1.165, 1.54) is 0 Å². The van der Waals surface area contributed by atoms with Gasteiger partial charge in [-0.25, -0.2) is 0 Å². The van der Waals surface area contributed by atoms with Crippen molar-refractivity contribution in [2.75, 3.05) is 27.1 Å². The zero-order valence-corrected chi connectivity index (χ0v) is 11.3. The fraction of sp³-hybridized carbons (Fsp3) is 0.500. The van der Waals surface area contributed by atoms with Gasteiger partial charge in [0.15, 0.2) is 11.5 Å². The number of hydrogen-bond acceptors (Lipinski definition) is 5. The first-order valence-corrected chi connectivity index (χ1v) is 5.97. The quantitative estimate of drug-likeness (QED) is 0.766. The summed E-state index contributed by atoms with van der Waals surface area (Å²) in [7, 11) is 4.79. The summed E-state index contributed by atoms with van der Waals surface area (Å²) in [6.07, 6.45) is 0.773. The predicted molar refractivity (Wildman–Crippen MR) is 71.5 cm³/mol. The first-order valence-electron chi connectivity index (χ1n) is 5.34. The summed E-state index contributed by atoms with van der Waals surface area (Å²) in [4.78, 5) is 0. The Kier molecular flexibility index (Phi) is 5.44. The van der Waals surface area contributed by atoms with Crippen LogP contribution < -0.4 is 19.9 Å². The Morgan fingerprint density at radius 3 is 2.06 bits per heavy atom. The van der Waals surface area contributed by atoms with E-state index in [4.69, 9.17) is 19.9 Å². The molecule has 1 aromatic rings. The Morgan fingerprint density at radius 1 is 1.06 bits per heavy atom. The number of nitrogens with two attached hydrogens (primary N) is 1. The van der Waals surface area contributed by atoms with Gasteiger partial charge in [0.25, 0.3) is 0 Å². The summed E-state index contributed by atoms with van der Waals surface area (Å²) in [6.45, 7) is 0. The van der Waals surface area contributed by atoms with Gasteiger partial charge in [-0.15, -0.1) is 0 Å². The molecular weight excluding hydrogens is 238 g/mol. The minimum Gasteiger partial charge on any atom is -0.496 e. The molecule has 1 rings (SSSR count). The molecule has 1 atom stereocenters. The minimum atomic E-state index is -0.123. The highest BCUT2D eigenvalue weighted by Crippen LogP contribution is 2.37. The summed E-state index contributed by atoms with van der Waals surface area (Å²) >= 11 is 4.18. The zero-order valence-electron chi connectivity index (χ0n) is 10.4. The Hall–Kier alpha value is -1.07. The summed E-state index contributed by atoms with van der Waals surface area (Å²) in [5, 5.41) is 0. The van der Waals surface area contributed by atoms with Crippen LogP contribution in [0.5, 0.6) is 17.2 Å². The summed E-state index contributed by atoms with van der Waals surface area (Å²) in [5.41, 5.74) is 6.97. The second kappa shape index (κ2) is 6.61. The normalized spacial score (nSPS) is 12.1. The Bertz CT molecular complexity index is 371. The van der Waals surface area contributed by atoms with Gasteiger partial charge in [-0.1, -0.05) is 0 Å². The maximum atomic E-state index is 6.07. The van der Waals surface area contributed by atoms with Gasteiger partial charge in [-0.3, -0.25) is 0 Å². The van der Waals surface area contributed by atoms with Crippen molar-refractivity contribution in [1.82, 2.24) is 0 Å². The topological polar surface area (TPSA) is 53.7 Å². The molecule has 4 nitrogen and oxygen atoms in total. The molecule has 0 saturated heterocycles. The molecule has 0 bridgehead atoms. The van der Waals surface area contributed by atoms with Gasteiger partial charge in [-0.05, 0) is 18.2 Å². The molecule has 96 valence electrons. The van der Waals surface area contributed by atoms with Crippen molar-refractivity contribution in [2.45, 2.75) is 12.5 Å². The van der Waals surface area contributed by atoms with Gasteiger partial charge in [0.1, 0.15) is 5.75 Å². The van der Waals surface area contributed by atoms with Crippen molar-refractivity contribution in [3.8, 4) is 17.2 Å². The maximum Gasteiger partial charge on any atom is 0.164 e. The van der Waals surface area contributed by atoms with Crippen molar-refractivity contribution in [3.05, 3.63) is 17.7 Å². The van der Waals surface area contributed by atoms with Crippen molar-refractivity contribution in [3.63, 3.8) is 0 Å². The highest BCUT2D eigenvalue weighted by Gasteiger charge is 2.16. The highest BCUT2D eigenvalue weighted by atomic mass is 32.1. The van der Waals surface area contributed by atoms with Gasteiger partial charge in [0.05, 0.1) is 21.3 Å². The van der Waals surface area contributed by atoms with Gasteiger partial charge in [-0.2, -0.15) is 12.6 Å². The van der Waals surface area contributed by atoms with Crippen LogP contribution >= 0.6 is 12.6 Å². The van der Waals surface area contributed by atoms with E-state index in [-0.39, 0.29) is 6.04 Å². The van der Waals surface area contributed by atoms with Gasteiger partial charge in [0, 0.05) is 17.7 Å². The molecule has 0 aliphatic rings. The van der Waals surface area contributed by atoms with Crippen LogP contribution in [-0.2, 0) is 0 Å². The summed E-state index contributed by atoms with van der Waals surface area (Å²) < 4.78 is 15.8. The third-order valence-corrected chi connectivity index (χ3v) is 2.83. The number of methoxy groups -OCH3 is 3. The lowest BCUT2D eigenvalue weighted by Gasteiger charge is -2.18. The number of thiol groups is 1. The molecule has 17 heavy (non-hydrogen) atoms. The fourth-order valence-electron chi connectivity index (χ4n) is 1.64. The lowest BCUT2D eigenvalue weighted by molar-refractivity contribution is 0.346. The maximum absolute atomic E-state index is 6.07. The Balaban J connectivity index is 3.18. The van der Waals surface area contributed by atoms with Crippen molar-refractivity contribution < 1.29 is 14.2 Å². The minimum absolute atomic E-state index is 0.123. The number of rotatable bonds is 6. The molecule has 0 heterocycles. The molecule has 1 unspecified atom stereocenters. The molecule has 0 spiro atoms. The van der Waals surface area contributed by atoms with E-state index in [9.17, 15) is 0 Å². The largest absolute Gasteiger partial charge is 0.496 e. The van der Waals surface area contributed by atoms with Gasteiger partial charge in [0.2, 0.25) is 0 Å². The van der Waals surface area contributed by atoms with Crippen LogP contribution in [0.25, 0.3) is 0 Å². The molecular formula is C12H19NO3S. The fourth-order valence-corrected chi connectivity index (χ4v) is 1.92. The summed E-state index contributed by atoms with van der Waals surface area (Å²) in [6, 6.07) is 3.51. The predicted octanol–water partition coefficient (Wildman–Crippen LogP) is 2.03. The van der Waals surface area contributed by atoms with Crippen molar-refractivity contribution >= 4 is 12.6 Å². The van der Waals surface area contributed by atoms with Crippen LogP contribution in [0, 0.1) is 0 Å². The number of ether oxygens (including phenoxy) is 3. The van der Waals surface area contributed by atoms with Crippen LogP contribution in [-0.4, -0.2) is 27.1 Å². The van der Waals surface area contributed by atoms with Gasteiger partial charge < -0.3 is 19.9 Å². The third kappa shape index (κ3) is 3.20. The molecule has 0 fully saturated rings. The van der Waals surface area contributed by atoms with Crippen LogP contribution in [0.4, 0.5) is 0 Å². The van der Waals surface area contributed by atoms with Crippen LogP contribution in [0.15, 0.2) is 12.1 Å². The molecule has 0 radical (unpaired) electrons. The zero-order chi connectivity index (χ0) is 12.8. The molecule has 1 aromatic carbocycles. The average Bonchev–Trinajstić information content (AvgIpc) is 2.37. The molecule has 0 saturated carbocycles. The Labute approximate surface area is 107 Å². The molecule has 2 N–H and O–H groups in total. The van der Waals surface area contributed by atoms with Crippen molar-refractivity contribution in [2.24, 2.45) is 5.73 Å². The second-order valence-electron chi connectivity index (χ2n) is 3.57. The van der Waals surface area contributed by atoms with Crippen LogP contribution in [0.2, 0.25) is 0 Å². The van der Waals surface area contributed by atoms with E-state index < -0.39 is 0 Å². The van der Waals surface area contributed by atoms with Crippen LogP contribution in [0.3, 0.4) is 0 Å². The van der Waals surface area contributed by atoms with E-state index >= 15 is 0 Å². The number of hydrogen-bond donors (Lipinski definition) is 2. The van der Waals surface area contributed by atoms with E-state index in [0.29, 0.717) is 17.2 Å². The van der Waals surface area contributed by atoms with E-state index in [2.05, 4.69) is 12.6 Å². The summed E-state index contributed by atoms with van der Waals surface area (Å²) in [5.74, 6) is 2.71. The average molecular weight is 257 g/mol. The molecule has 0 aliphatic carbocycles. The lowest BCUT2D eigenvalue weighted by Crippen LogP contribution is -2.12. The van der Waals surface area contributed by atoms with Gasteiger partial charge >= 0.3 is 0 Å².